The Bertz CT molecular complexity index is 779. The minimum absolute atomic E-state index is 0.0770. The van der Waals surface area contributed by atoms with Crippen LogP contribution in [0.2, 0.25) is 0 Å². The van der Waals surface area contributed by atoms with Gasteiger partial charge in [-0.25, -0.2) is 4.98 Å². The Morgan fingerprint density at radius 3 is 2.59 bits per heavy atom. The van der Waals surface area contributed by atoms with Crippen molar-refractivity contribution in [3.63, 3.8) is 0 Å². The van der Waals surface area contributed by atoms with Crippen LogP contribution in [-0.2, 0) is 12.6 Å². The minimum atomic E-state index is -4.39. The Kier molecular flexibility index (Phi) is 8.71. The smallest absolute Gasteiger partial charge is 0.416 e. The number of alkyl halides is 3. The molecule has 1 unspecified atom stereocenters. The van der Waals surface area contributed by atoms with Crippen LogP contribution in [0.25, 0.3) is 0 Å². The second-order valence-electron chi connectivity index (χ2n) is 6.24. The molecule has 29 heavy (non-hydrogen) atoms. The van der Waals surface area contributed by atoms with Gasteiger partial charge in [0.15, 0.2) is 5.96 Å². The summed E-state index contributed by atoms with van der Waals surface area (Å²) in [6.45, 7) is 5.22. The molecule has 3 N–H and O–H groups in total. The molecular weight excluding hydrogens is 405 g/mol. The molecule has 0 aliphatic heterocycles. The van der Waals surface area contributed by atoms with Crippen LogP contribution in [0.5, 0.6) is 5.75 Å². The number of halogens is 3. The average Bonchev–Trinajstić information content (AvgIpc) is 3.09. The van der Waals surface area contributed by atoms with Crippen LogP contribution in [0.15, 0.2) is 34.6 Å². The van der Waals surface area contributed by atoms with Crippen LogP contribution in [0.3, 0.4) is 0 Å². The van der Waals surface area contributed by atoms with Gasteiger partial charge in [-0.1, -0.05) is 0 Å². The van der Waals surface area contributed by atoms with Crippen molar-refractivity contribution in [1.82, 2.24) is 15.6 Å². The van der Waals surface area contributed by atoms with Crippen LogP contribution >= 0.6 is 11.3 Å². The summed E-state index contributed by atoms with van der Waals surface area (Å²) < 4.78 is 43.0. The summed E-state index contributed by atoms with van der Waals surface area (Å²) in [6.07, 6.45) is -4.52. The number of hydrogen-bond donors (Lipinski definition) is 3. The SMILES string of the molecule is CCNC(=NCC(O)COc1ccc(C(F)(F)F)cc1)NCCc1csc(C)n1. The largest absolute Gasteiger partial charge is 0.491 e. The Labute approximate surface area is 171 Å². The van der Waals surface area contributed by atoms with Gasteiger partial charge in [0.2, 0.25) is 0 Å². The van der Waals surface area contributed by atoms with E-state index in [0.29, 0.717) is 19.0 Å². The van der Waals surface area contributed by atoms with E-state index in [-0.39, 0.29) is 18.9 Å². The van der Waals surface area contributed by atoms with E-state index in [1.54, 1.807) is 11.3 Å². The van der Waals surface area contributed by atoms with Gasteiger partial charge in [-0.15, -0.1) is 11.3 Å². The number of aryl methyl sites for hydroxylation is 1. The summed E-state index contributed by atoms with van der Waals surface area (Å²) in [5.41, 5.74) is 0.269. The lowest BCUT2D eigenvalue weighted by atomic mass is 10.2. The third kappa shape index (κ3) is 8.28. The number of aliphatic hydroxyl groups excluding tert-OH is 1. The van der Waals surface area contributed by atoms with E-state index < -0.39 is 17.8 Å². The zero-order valence-corrected chi connectivity index (χ0v) is 17.1. The molecule has 0 radical (unpaired) electrons. The molecule has 6 nitrogen and oxygen atoms in total. The van der Waals surface area contributed by atoms with Crippen LogP contribution < -0.4 is 15.4 Å². The summed E-state index contributed by atoms with van der Waals surface area (Å²) in [6, 6.07) is 4.34. The highest BCUT2D eigenvalue weighted by Crippen LogP contribution is 2.30. The molecule has 0 aliphatic rings. The molecule has 0 aliphatic carbocycles. The van der Waals surface area contributed by atoms with Gasteiger partial charge in [0.25, 0.3) is 0 Å². The monoisotopic (exact) mass is 430 g/mol. The summed E-state index contributed by atoms with van der Waals surface area (Å²) in [5.74, 6) is 0.817. The van der Waals surface area contributed by atoms with E-state index in [9.17, 15) is 18.3 Å². The fraction of sp³-hybridized carbons (Fsp3) is 0.474. The summed E-state index contributed by atoms with van der Waals surface area (Å²) in [7, 11) is 0. The van der Waals surface area contributed by atoms with E-state index in [1.807, 2.05) is 19.2 Å². The van der Waals surface area contributed by atoms with Crippen molar-refractivity contribution in [2.75, 3.05) is 26.2 Å². The molecule has 0 spiro atoms. The average molecular weight is 430 g/mol. The van der Waals surface area contributed by atoms with Gasteiger partial charge in [0.1, 0.15) is 18.5 Å². The first-order chi connectivity index (χ1) is 13.8. The molecule has 2 aromatic rings. The molecule has 1 aromatic heterocycles. The molecule has 0 saturated carbocycles. The molecular formula is C19H25F3N4O2S. The number of nitrogens with one attached hydrogen (secondary N) is 2. The minimum Gasteiger partial charge on any atom is -0.491 e. The van der Waals surface area contributed by atoms with Crippen LogP contribution in [0.1, 0.15) is 23.2 Å². The van der Waals surface area contributed by atoms with Crippen LogP contribution in [0, 0.1) is 6.92 Å². The van der Waals surface area contributed by atoms with E-state index in [1.165, 1.54) is 12.1 Å². The molecule has 2 rings (SSSR count). The third-order valence-electron chi connectivity index (χ3n) is 3.77. The highest BCUT2D eigenvalue weighted by molar-refractivity contribution is 7.09. The maximum Gasteiger partial charge on any atom is 0.416 e. The third-order valence-corrected chi connectivity index (χ3v) is 4.59. The van der Waals surface area contributed by atoms with Crippen molar-refractivity contribution in [1.29, 1.82) is 0 Å². The van der Waals surface area contributed by atoms with E-state index >= 15 is 0 Å². The lowest BCUT2D eigenvalue weighted by molar-refractivity contribution is -0.137. The fourth-order valence-corrected chi connectivity index (χ4v) is 3.00. The molecule has 1 atom stereocenters. The van der Waals surface area contributed by atoms with Crippen LogP contribution in [0.4, 0.5) is 13.2 Å². The second kappa shape index (κ2) is 11.0. The van der Waals surface area contributed by atoms with Crippen molar-refractivity contribution in [2.24, 2.45) is 4.99 Å². The Balaban J connectivity index is 1.77. The van der Waals surface area contributed by atoms with Crippen molar-refractivity contribution in [2.45, 2.75) is 32.5 Å². The Morgan fingerprint density at radius 2 is 2.00 bits per heavy atom. The first-order valence-electron chi connectivity index (χ1n) is 9.19. The van der Waals surface area contributed by atoms with Gasteiger partial charge in [-0.05, 0) is 38.1 Å². The second-order valence-corrected chi connectivity index (χ2v) is 7.30. The highest BCUT2D eigenvalue weighted by Gasteiger charge is 2.30. The Morgan fingerprint density at radius 1 is 1.28 bits per heavy atom. The number of ether oxygens (including phenoxy) is 1. The van der Waals surface area contributed by atoms with Gasteiger partial charge in [-0.2, -0.15) is 13.2 Å². The molecule has 10 heteroatoms. The first kappa shape index (κ1) is 23.0. The summed E-state index contributed by atoms with van der Waals surface area (Å²) in [5, 5.41) is 19.3. The zero-order chi connectivity index (χ0) is 21.3. The maximum atomic E-state index is 12.5. The van der Waals surface area contributed by atoms with E-state index in [2.05, 4.69) is 20.6 Å². The van der Waals surface area contributed by atoms with Gasteiger partial charge in [0, 0.05) is 24.9 Å². The highest BCUT2D eigenvalue weighted by atomic mass is 32.1. The number of benzene rings is 1. The number of guanidine groups is 1. The zero-order valence-electron chi connectivity index (χ0n) is 16.3. The predicted octanol–water partition coefficient (Wildman–Crippen LogP) is 3.01. The fourth-order valence-electron chi connectivity index (χ4n) is 2.36. The van der Waals surface area contributed by atoms with Gasteiger partial charge < -0.3 is 20.5 Å². The quantitative estimate of drug-likeness (QED) is 0.421. The van der Waals surface area contributed by atoms with Crippen molar-refractivity contribution >= 4 is 17.3 Å². The molecule has 0 fully saturated rings. The van der Waals surface area contributed by atoms with E-state index in [4.69, 9.17) is 4.74 Å². The summed E-state index contributed by atoms with van der Waals surface area (Å²) >= 11 is 1.61. The number of hydrogen-bond acceptors (Lipinski definition) is 5. The molecule has 1 aromatic carbocycles. The topological polar surface area (TPSA) is 78.8 Å². The number of thiazole rings is 1. The normalized spacial score (nSPS) is 13.2. The molecule has 1 heterocycles. The van der Waals surface area contributed by atoms with E-state index in [0.717, 1.165) is 29.3 Å². The molecule has 0 amide bonds. The maximum absolute atomic E-state index is 12.5. The van der Waals surface area contributed by atoms with Crippen molar-refractivity contribution in [3.8, 4) is 5.75 Å². The number of aliphatic hydroxyl groups is 1. The molecule has 160 valence electrons. The van der Waals surface area contributed by atoms with Crippen molar-refractivity contribution < 1.29 is 23.0 Å². The van der Waals surface area contributed by atoms with Gasteiger partial charge in [0.05, 0.1) is 22.8 Å². The number of rotatable bonds is 9. The van der Waals surface area contributed by atoms with Crippen molar-refractivity contribution in [3.05, 3.63) is 45.9 Å². The molecule has 0 saturated heterocycles. The first-order valence-corrected chi connectivity index (χ1v) is 10.1. The number of aliphatic imine (C=N–C) groups is 1. The van der Waals surface area contributed by atoms with Gasteiger partial charge >= 0.3 is 6.18 Å². The predicted molar refractivity (Wildman–Crippen MR) is 107 cm³/mol. The number of aromatic nitrogens is 1. The van der Waals surface area contributed by atoms with Gasteiger partial charge in [-0.3, -0.25) is 4.99 Å². The standard InChI is InChI=1S/C19H25F3N4O2S/c1-3-23-18(24-9-8-15-12-29-13(2)26-15)25-10-16(27)11-28-17-6-4-14(5-7-17)19(20,21)22/h4-7,12,16,27H,3,8-11H2,1-2H3,(H2,23,24,25). The lowest BCUT2D eigenvalue weighted by Gasteiger charge is -2.14. The summed E-state index contributed by atoms with van der Waals surface area (Å²) in [4.78, 5) is 8.71. The molecule has 0 bridgehead atoms. The number of nitrogens with zero attached hydrogens (tertiary/aromatic N) is 2. The van der Waals surface area contributed by atoms with Crippen LogP contribution in [-0.4, -0.2) is 48.4 Å². The lowest BCUT2D eigenvalue weighted by Crippen LogP contribution is -2.39. The Hall–Kier alpha value is -2.33.